The zero-order valence-corrected chi connectivity index (χ0v) is 18.6. The maximum absolute atomic E-state index is 13.9. The van der Waals surface area contributed by atoms with Crippen LogP contribution in [0.1, 0.15) is 33.4 Å². The predicted octanol–water partition coefficient (Wildman–Crippen LogP) is 4.16. The molecule has 8 heteroatoms. The second-order valence-electron chi connectivity index (χ2n) is 7.98. The number of carbonyl (C=O) groups excluding carboxylic acids is 2. The van der Waals surface area contributed by atoms with Gasteiger partial charge in [0, 0.05) is 35.3 Å². The third kappa shape index (κ3) is 6.11. The smallest absolute Gasteiger partial charge is 0.248 e. The first-order valence-corrected chi connectivity index (χ1v) is 10.9. The SMILES string of the molecule is NC(=O)c1cccc(-c2cccnc2C(Cc2cc(F)cc(F)c2)NC(=O)Cc2ccccn2)c1. The number of carbonyl (C=O) groups is 2. The van der Waals surface area contributed by atoms with Crippen molar-refractivity contribution in [1.82, 2.24) is 15.3 Å². The van der Waals surface area contributed by atoms with Crippen molar-refractivity contribution in [3.05, 3.63) is 119 Å². The number of primary amides is 1. The standard InChI is InChI=1S/C27H22F2N4O2/c28-20-11-17(12-21(29)15-20)13-24(33-25(34)16-22-7-1-2-9-31-22)26-23(8-4-10-32-26)18-5-3-6-19(14-18)27(30)35/h1-12,14-15,24H,13,16H2,(H2,30,35)(H,33,34). The Morgan fingerprint density at radius 2 is 1.66 bits per heavy atom. The van der Waals surface area contributed by atoms with Gasteiger partial charge in [-0.15, -0.1) is 0 Å². The van der Waals surface area contributed by atoms with E-state index in [0.717, 1.165) is 6.07 Å². The molecule has 176 valence electrons. The number of halogens is 2. The van der Waals surface area contributed by atoms with E-state index in [2.05, 4.69) is 15.3 Å². The molecule has 4 rings (SSSR count). The van der Waals surface area contributed by atoms with Crippen LogP contribution in [0.3, 0.4) is 0 Å². The van der Waals surface area contributed by atoms with Crippen molar-refractivity contribution < 1.29 is 18.4 Å². The fraction of sp³-hybridized carbons (Fsp3) is 0.111. The topological polar surface area (TPSA) is 98.0 Å². The van der Waals surface area contributed by atoms with Crippen molar-refractivity contribution in [3.63, 3.8) is 0 Å². The van der Waals surface area contributed by atoms with Gasteiger partial charge in [-0.25, -0.2) is 8.78 Å². The van der Waals surface area contributed by atoms with Gasteiger partial charge in [0.2, 0.25) is 11.8 Å². The molecule has 6 nitrogen and oxygen atoms in total. The van der Waals surface area contributed by atoms with Crippen LogP contribution in [0, 0.1) is 11.6 Å². The van der Waals surface area contributed by atoms with E-state index >= 15 is 0 Å². The molecular weight excluding hydrogens is 450 g/mol. The monoisotopic (exact) mass is 472 g/mol. The van der Waals surface area contributed by atoms with Gasteiger partial charge < -0.3 is 11.1 Å². The molecule has 1 unspecified atom stereocenters. The van der Waals surface area contributed by atoms with Gasteiger partial charge >= 0.3 is 0 Å². The first-order valence-electron chi connectivity index (χ1n) is 10.9. The number of aromatic nitrogens is 2. The van der Waals surface area contributed by atoms with Crippen LogP contribution in [-0.2, 0) is 17.6 Å². The molecule has 3 N–H and O–H groups in total. The summed E-state index contributed by atoms with van der Waals surface area (Å²) in [5.41, 5.74) is 8.49. The molecule has 2 aromatic carbocycles. The van der Waals surface area contributed by atoms with Gasteiger partial charge in [0.1, 0.15) is 11.6 Å². The molecule has 0 fully saturated rings. The Morgan fingerprint density at radius 1 is 0.886 bits per heavy atom. The van der Waals surface area contributed by atoms with Gasteiger partial charge in [0.25, 0.3) is 0 Å². The second-order valence-corrected chi connectivity index (χ2v) is 7.98. The van der Waals surface area contributed by atoms with Crippen LogP contribution in [0.4, 0.5) is 8.78 Å². The molecule has 0 bridgehead atoms. The van der Waals surface area contributed by atoms with Crippen LogP contribution in [0.5, 0.6) is 0 Å². The van der Waals surface area contributed by atoms with Crippen molar-refractivity contribution in [2.45, 2.75) is 18.9 Å². The van der Waals surface area contributed by atoms with Crippen LogP contribution in [0.15, 0.2) is 85.2 Å². The molecule has 0 aliphatic heterocycles. The summed E-state index contributed by atoms with van der Waals surface area (Å²) >= 11 is 0. The Labute approximate surface area is 200 Å². The second kappa shape index (κ2) is 10.6. The number of benzene rings is 2. The average Bonchev–Trinajstić information content (AvgIpc) is 2.84. The van der Waals surface area contributed by atoms with Gasteiger partial charge in [-0.1, -0.05) is 24.3 Å². The lowest BCUT2D eigenvalue weighted by Crippen LogP contribution is -2.32. The fourth-order valence-electron chi connectivity index (χ4n) is 3.87. The van der Waals surface area contributed by atoms with Crippen LogP contribution >= 0.6 is 0 Å². The quantitative estimate of drug-likeness (QED) is 0.402. The minimum absolute atomic E-state index is 0.0220. The highest BCUT2D eigenvalue weighted by atomic mass is 19.1. The van der Waals surface area contributed by atoms with Crippen molar-refractivity contribution >= 4 is 11.8 Å². The van der Waals surface area contributed by atoms with Gasteiger partial charge in [-0.2, -0.15) is 0 Å². The lowest BCUT2D eigenvalue weighted by molar-refractivity contribution is -0.121. The van der Waals surface area contributed by atoms with Crippen LogP contribution in [0.2, 0.25) is 0 Å². The molecule has 2 heterocycles. The van der Waals surface area contributed by atoms with E-state index in [1.54, 1.807) is 67.0 Å². The molecule has 0 aliphatic rings. The molecule has 2 aromatic heterocycles. The van der Waals surface area contributed by atoms with Gasteiger partial charge in [-0.05, 0) is 60.0 Å². The van der Waals surface area contributed by atoms with E-state index in [1.165, 1.54) is 12.1 Å². The van der Waals surface area contributed by atoms with Gasteiger partial charge in [0.05, 0.1) is 18.2 Å². The normalized spacial score (nSPS) is 11.6. The van der Waals surface area contributed by atoms with Crippen LogP contribution < -0.4 is 11.1 Å². The zero-order valence-electron chi connectivity index (χ0n) is 18.6. The molecule has 0 spiro atoms. The number of nitrogens with zero attached hydrogens (tertiary/aromatic N) is 2. The highest BCUT2D eigenvalue weighted by Crippen LogP contribution is 2.29. The predicted molar refractivity (Wildman–Crippen MR) is 127 cm³/mol. The molecule has 35 heavy (non-hydrogen) atoms. The minimum Gasteiger partial charge on any atom is -0.366 e. The molecule has 0 saturated heterocycles. The molecule has 0 aliphatic carbocycles. The highest BCUT2D eigenvalue weighted by Gasteiger charge is 2.22. The molecule has 4 aromatic rings. The van der Waals surface area contributed by atoms with Crippen molar-refractivity contribution in [2.24, 2.45) is 5.73 Å². The Hall–Kier alpha value is -4.46. The third-order valence-corrected chi connectivity index (χ3v) is 5.39. The lowest BCUT2D eigenvalue weighted by atomic mass is 9.94. The van der Waals surface area contributed by atoms with Crippen molar-refractivity contribution in [2.75, 3.05) is 0 Å². The summed E-state index contributed by atoms with van der Waals surface area (Å²) in [6, 6.07) is 18.0. The average molecular weight is 472 g/mol. The Morgan fingerprint density at radius 3 is 2.37 bits per heavy atom. The third-order valence-electron chi connectivity index (χ3n) is 5.39. The number of amides is 2. The summed E-state index contributed by atoms with van der Waals surface area (Å²) in [6.45, 7) is 0. The van der Waals surface area contributed by atoms with E-state index in [0.29, 0.717) is 33.6 Å². The number of pyridine rings is 2. The lowest BCUT2D eigenvalue weighted by Gasteiger charge is -2.22. The Balaban J connectivity index is 1.72. The van der Waals surface area contributed by atoms with Crippen LogP contribution in [-0.4, -0.2) is 21.8 Å². The molecule has 1 atom stereocenters. The zero-order chi connectivity index (χ0) is 24.8. The first-order chi connectivity index (χ1) is 16.9. The number of hydrogen-bond acceptors (Lipinski definition) is 4. The minimum atomic E-state index is -0.721. The molecule has 0 radical (unpaired) electrons. The number of nitrogens with one attached hydrogen (secondary N) is 1. The fourth-order valence-corrected chi connectivity index (χ4v) is 3.87. The maximum Gasteiger partial charge on any atom is 0.248 e. The van der Waals surface area contributed by atoms with E-state index in [9.17, 15) is 18.4 Å². The van der Waals surface area contributed by atoms with E-state index < -0.39 is 23.6 Å². The summed E-state index contributed by atoms with van der Waals surface area (Å²) in [4.78, 5) is 33.3. The number of rotatable bonds is 8. The van der Waals surface area contributed by atoms with Crippen molar-refractivity contribution in [1.29, 1.82) is 0 Å². The van der Waals surface area contributed by atoms with Crippen LogP contribution in [0.25, 0.3) is 11.1 Å². The van der Waals surface area contributed by atoms with E-state index in [1.807, 2.05) is 0 Å². The summed E-state index contributed by atoms with van der Waals surface area (Å²) in [7, 11) is 0. The summed E-state index contributed by atoms with van der Waals surface area (Å²) in [5.74, 6) is -2.33. The summed E-state index contributed by atoms with van der Waals surface area (Å²) in [5, 5.41) is 2.94. The van der Waals surface area contributed by atoms with Gasteiger partial charge in [-0.3, -0.25) is 19.6 Å². The Kier molecular flexibility index (Phi) is 7.21. The number of hydrogen-bond donors (Lipinski definition) is 2. The van der Waals surface area contributed by atoms with Gasteiger partial charge in [0.15, 0.2) is 0 Å². The number of nitrogens with two attached hydrogens (primary N) is 1. The largest absolute Gasteiger partial charge is 0.366 e. The van der Waals surface area contributed by atoms with E-state index in [-0.39, 0.29) is 18.7 Å². The first kappa shape index (κ1) is 23.7. The van der Waals surface area contributed by atoms with Crippen molar-refractivity contribution in [3.8, 4) is 11.1 Å². The highest BCUT2D eigenvalue weighted by molar-refractivity contribution is 5.94. The summed E-state index contributed by atoms with van der Waals surface area (Å²) in [6.07, 6.45) is 3.27. The Bertz CT molecular complexity index is 1340. The van der Waals surface area contributed by atoms with E-state index in [4.69, 9.17) is 5.73 Å². The molecular formula is C27H22F2N4O2. The summed E-state index contributed by atoms with van der Waals surface area (Å²) < 4.78 is 27.8. The maximum atomic E-state index is 13.9. The molecule has 0 saturated carbocycles. The molecule has 2 amide bonds.